The third-order valence-corrected chi connectivity index (χ3v) is 3.90. The molecule has 2 heterocycles. The summed E-state index contributed by atoms with van der Waals surface area (Å²) in [6.07, 6.45) is 6.81. The summed E-state index contributed by atoms with van der Waals surface area (Å²) in [7, 11) is 0. The van der Waals surface area contributed by atoms with E-state index in [0.717, 1.165) is 25.3 Å². The first-order chi connectivity index (χ1) is 8.78. The first-order valence-corrected chi connectivity index (χ1v) is 6.65. The predicted molar refractivity (Wildman–Crippen MR) is 68.4 cm³/mol. The van der Waals surface area contributed by atoms with Crippen LogP contribution in [0.5, 0.6) is 0 Å². The van der Waals surface area contributed by atoms with Crippen molar-refractivity contribution in [3.8, 4) is 0 Å². The molecule has 1 saturated carbocycles. The van der Waals surface area contributed by atoms with E-state index in [1.165, 1.54) is 12.8 Å². The molecule has 2 atom stereocenters. The van der Waals surface area contributed by atoms with Gasteiger partial charge in [0, 0.05) is 19.1 Å². The van der Waals surface area contributed by atoms with Crippen molar-refractivity contribution < 1.29 is 4.79 Å². The number of nitrogens with zero attached hydrogens (tertiary/aromatic N) is 3. The van der Waals surface area contributed by atoms with E-state index in [4.69, 9.17) is 0 Å². The van der Waals surface area contributed by atoms with Gasteiger partial charge in [-0.3, -0.25) is 4.79 Å². The van der Waals surface area contributed by atoms with E-state index in [-0.39, 0.29) is 5.91 Å². The monoisotopic (exact) mass is 246 g/mol. The summed E-state index contributed by atoms with van der Waals surface area (Å²) in [6.45, 7) is 3.71. The van der Waals surface area contributed by atoms with E-state index in [2.05, 4.69) is 15.3 Å². The van der Waals surface area contributed by atoms with Gasteiger partial charge in [-0.1, -0.05) is 0 Å². The highest BCUT2D eigenvalue weighted by atomic mass is 16.2. The summed E-state index contributed by atoms with van der Waals surface area (Å²) in [6, 6.07) is 0.442. The Morgan fingerprint density at radius 1 is 1.44 bits per heavy atom. The highest BCUT2D eigenvalue weighted by Crippen LogP contribution is 2.37. The normalized spacial score (nSPS) is 25.5. The van der Waals surface area contributed by atoms with E-state index in [9.17, 15) is 4.79 Å². The second-order valence-electron chi connectivity index (χ2n) is 5.11. The Kier molecular flexibility index (Phi) is 2.89. The van der Waals surface area contributed by atoms with Crippen LogP contribution in [0.25, 0.3) is 0 Å². The standard InChI is InChI=1S/C13H18N4O/c1-2-14-12-7-15-11(6-16-12)13(18)17-8-9-3-4-10(17)5-9/h6-7,9-10H,2-5,8H2,1H3,(H,14,16). The molecule has 3 rings (SSSR count). The number of rotatable bonds is 3. The molecule has 2 fully saturated rings. The molecule has 0 radical (unpaired) electrons. The quantitative estimate of drug-likeness (QED) is 0.878. The number of carbonyl (C=O) groups excluding carboxylic acids is 1. The summed E-state index contributed by atoms with van der Waals surface area (Å²) >= 11 is 0. The average molecular weight is 246 g/mol. The summed E-state index contributed by atoms with van der Waals surface area (Å²) in [5, 5.41) is 3.07. The van der Waals surface area contributed by atoms with Crippen molar-refractivity contribution in [3.05, 3.63) is 18.1 Å². The number of piperidine rings is 1. The molecular formula is C13H18N4O. The van der Waals surface area contributed by atoms with Crippen molar-refractivity contribution in [1.29, 1.82) is 0 Å². The van der Waals surface area contributed by atoms with Gasteiger partial charge in [0.05, 0.1) is 12.4 Å². The molecule has 1 aromatic rings. The lowest BCUT2D eigenvalue weighted by Crippen LogP contribution is -2.38. The zero-order valence-corrected chi connectivity index (χ0v) is 10.6. The van der Waals surface area contributed by atoms with E-state index >= 15 is 0 Å². The summed E-state index contributed by atoms with van der Waals surface area (Å²) < 4.78 is 0. The number of likely N-dealkylation sites (tertiary alicyclic amines) is 1. The molecule has 5 heteroatoms. The van der Waals surface area contributed by atoms with E-state index in [1.807, 2.05) is 11.8 Å². The fourth-order valence-electron chi connectivity index (χ4n) is 3.03. The summed E-state index contributed by atoms with van der Waals surface area (Å²) in [4.78, 5) is 22.7. The van der Waals surface area contributed by atoms with Crippen LogP contribution < -0.4 is 5.32 Å². The van der Waals surface area contributed by atoms with Crippen molar-refractivity contribution in [2.24, 2.45) is 5.92 Å². The lowest BCUT2D eigenvalue weighted by Gasteiger charge is -2.26. The Bertz CT molecular complexity index is 445. The Morgan fingerprint density at radius 3 is 2.89 bits per heavy atom. The van der Waals surface area contributed by atoms with E-state index in [1.54, 1.807) is 12.4 Å². The van der Waals surface area contributed by atoms with Gasteiger partial charge in [-0.2, -0.15) is 0 Å². The number of amides is 1. The molecule has 18 heavy (non-hydrogen) atoms. The third kappa shape index (κ3) is 1.94. The van der Waals surface area contributed by atoms with Gasteiger partial charge < -0.3 is 10.2 Å². The minimum atomic E-state index is 0.0396. The molecule has 1 N–H and O–H groups in total. The highest BCUT2D eigenvalue weighted by Gasteiger charge is 2.40. The zero-order valence-electron chi connectivity index (χ0n) is 10.6. The number of hydrogen-bond donors (Lipinski definition) is 1. The number of fused-ring (bicyclic) bond motifs is 2. The number of aromatic nitrogens is 2. The molecule has 0 aromatic carbocycles. The van der Waals surface area contributed by atoms with Gasteiger partial charge in [0.1, 0.15) is 11.5 Å². The van der Waals surface area contributed by atoms with Crippen LogP contribution in [0.1, 0.15) is 36.7 Å². The number of nitrogens with one attached hydrogen (secondary N) is 1. The van der Waals surface area contributed by atoms with Crippen LogP contribution in [0.3, 0.4) is 0 Å². The Morgan fingerprint density at radius 2 is 2.33 bits per heavy atom. The zero-order chi connectivity index (χ0) is 12.5. The molecule has 1 aliphatic heterocycles. The molecular weight excluding hydrogens is 228 g/mol. The van der Waals surface area contributed by atoms with Gasteiger partial charge in [0.25, 0.3) is 5.91 Å². The number of carbonyl (C=O) groups is 1. The fraction of sp³-hybridized carbons (Fsp3) is 0.615. The van der Waals surface area contributed by atoms with Crippen LogP contribution in [0.4, 0.5) is 5.82 Å². The molecule has 0 spiro atoms. The largest absolute Gasteiger partial charge is 0.369 e. The van der Waals surface area contributed by atoms with Crippen LogP contribution in [0.15, 0.2) is 12.4 Å². The molecule has 2 aliphatic rings. The minimum Gasteiger partial charge on any atom is -0.369 e. The lowest BCUT2D eigenvalue weighted by molar-refractivity contribution is 0.0697. The van der Waals surface area contributed by atoms with Gasteiger partial charge >= 0.3 is 0 Å². The van der Waals surface area contributed by atoms with Crippen LogP contribution >= 0.6 is 0 Å². The molecule has 1 saturated heterocycles. The molecule has 1 amide bonds. The number of anilines is 1. The third-order valence-electron chi connectivity index (χ3n) is 3.90. The lowest BCUT2D eigenvalue weighted by atomic mass is 10.1. The van der Waals surface area contributed by atoms with E-state index < -0.39 is 0 Å². The smallest absolute Gasteiger partial charge is 0.274 e. The highest BCUT2D eigenvalue weighted by molar-refractivity contribution is 5.92. The Hall–Kier alpha value is -1.65. The summed E-state index contributed by atoms with van der Waals surface area (Å²) in [5.41, 5.74) is 0.462. The van der Waals surface area contributed by atoms with Crippen LogP contribution in [-0.4, -0.2) is 39.9 Å². The predicted octanol–water partition coefficient (Wildman–Crippen LogP) is 1.53. The maximum atomic E-state index is 12.3. The van der Waals surface area contributed by atoms with E-state index in [0.29, 0.717) is 17.7 Å². The van der Waals surface area contributed by atoms with Crippen molar-refractivity contribution in [2.45, 2.75) is 32.2 Å². The van der Waals surface area contributed by atoms with Crippen LogP contribution in [0, 0.1) is 5.92 Å². The first kappa shape index (κ1) is 11.4. The molecule has 96 valence electrons. The van der Waals surface area contributed by atoms with Crippen LogP contribution in [0.2, 0.25) is 0 Å². The van der Waals surface area contributed by atoms with Crippen molar-refractivity contribution in [3.63, 3.8) is 0 Å². The van der Waals surface area contributed by atoms with Crippen molar-refractivity contribution >= 4 is 11.7 Å². The van der Waals surface area contributed by atoms with Gasteiger partial charge in [0.2, 0.25) is 0 Å². The second-order valence-corrected chi connectivity index (χ2v) is 5.11. The Labute approximate surface area is 107 Å². The maximum Gasteiger partial charge on any atom is 0.274 e. The summed E-state index contributed by atoms with van der Waals surface area (Å²) in [5.74, 6) is 1.47. The topological polar surface area (TPSA) is 58.1 Å². The van der Waals surface area contributed by atoms with Gasteiger partial charge in [-0.05, 0) is 32.1 Å². The molecule has 1 aromatic heterocycles. The van der Waals surface area contributed by atoms with Gasteiger partial charge in [-0.15, -0.1) is 0 Å². The minimum absolute atomic E-state index is 0.0396. The molecule has 2 unspecified atom stereocenters. The van der Waals surface area contributed by atoms with Crippen LogP contribution in [-0.2, 0) is 0 Å². The Balaban J connectivity index is 1.72. The fourth-order valence-corrected chi connectivity index (χ4v) is 3.03. The molecule has 5 nitrogen and oxygen atoms in total. The molecule has 2 bridgehead atoms. The molecule has 1 aliphatic carbocycles. The average Bonchev–Trinajstić information content (AvgIpc) is 3.01. The second kappa shape index (κ2) is 4.55. The van der Waals surface area contributed by atoms with Gasteiger partial charge in [0.15, 0.2) is 0 Å². The maximum absolute atomic E-state index is 12.3. The van der Waals surface area contributed by atoms with Crippen molar-refractivity contribution in [2.75, 3.05) is 18.4 Å². The number of hydrogen-bond acceptors (Lipinski definition) is 4. The first-order valence-electron chi connectivity index (χ1n) is 6.65. The SMILES string of the molecule is CCNc1cnc(C(=O)N2CC3CCC2C3)cn1. The van der Waals surface area contributed by atoms with Gasteiger partial charge in [-0.25, -0.2) is 9.97 Å². The van der Waals surface area contributed by atoms with Crippen molar-refractivity contribution in [1.82, 2.24) is 14.9 Å².